The van der Waals surface area contributed by atoms with Gasteiger partial charge in [-0.2, -0.15) is 0 Å². The molecule has 24 heavy (non-hydrogen) atoms. The highest BCUT2D eigenvalue weighted by Gasteiger charge is 2.22. The second-order valence-electron chi connectivity index (χ2n) is 5.80. The molecule has 1 heterocycles. The summed E-state index contributed by atoms with van der Waals surface area (Å²) in [4.78, 5) is 12.8. The van der Waals surface area contributed by atoms with Gasteiger partial charge in [0.15, 0.2) is 0 Å². The van der Waals surface area contributed by atoms with E-state index in [1.165, 1.54) is 0 Å². The SMILES string of the molecule is Nc1ccccc1NC(=O)c1ccccc1N1CCCCCN1Cl. The van der Waals surface area contributed by atoms with Crippen molar-refractivity contribution in [1.29, 1.82) is 0 Å². The number of nitrogens with two attached hydrogens (primary N) is 1. The molecular weight excluding hydrogens is 324 g/mol. The third kappa shape index (κ3) is 3.63. The van der Waals surface area contributed by atoms with Crippen LogP contribution < -0.4 is 16.1 Å². The number of rotatable bonds is 3. The van der Waals surface area contributed by atoms with Crippen molar-refractivity contribution in [3.05, 3.63) is 54.1 Å². The second kappa shape index (κ2) is 7.55. The van der Waals surface area contributed by atoms with Gasteiger partial charge in [-0.3, -0.25) is 9.80 Å². The fraction of sp³-hybridized carbons (Fsp3) is 0.278. The zero-order valence-corrected chi connectivity index (χ0v) is 14.2. The van der Waals surface area contributed by atoms with E-state index in [9.17, 15) is 4.79 Å². The Morgan fingerprint density at radius 1 is 1.00 bits per heavy atom. The maximum absolute atomic E-state index is 12.8. The lowest BCUT2D eigenvalue weighted by Gasteiger charge is -2.30. The van der Waals surface area contributed by atoms with E-state index >= 15 is 0 Å². The summed E-state index contributed by atoms with van der Waals surface area (Å²) < 4.78 is 1.68. The number of anilines is 3. The van der Waals surface area contributed by atoms with Gasteiger partial charge in [-0.15, -0.1) is 4.53 Å². The van der Waals surface area contributed by atoms with E-state index in [4.69, 9.17) is 17.5 Å². The number of nitrogen functional groups attached to an aromatic ring is 1. The molecule has 0 saturated carbocycles. The van der Waals surface area contributed by atoms with Crippen LogP contribution >= 0.6 is 11.8 Å². The summed E-state index contributed by atoms with van der Waals surface area (Å²) in [6, 6.07) is 14.7. The van der Waals surface area contributed by atoms with E-state index in [-0.39, 0.29) is 5.91 Å². The number of nitrogens with one attached hydrogen (secondary N) is 1. The third-order valence-electron chi connectivity index (χ3n) is 4.11. The van der Waals surface area contributed by atoms with E-state index in [0.29, 0.717) is 16.9 Å². The number of carbonyl (C=O) groups excluding carboxylic acids is 1. The van der Waals surface area contributed by atoms with Crippen molar-refractivity contribution in [3.63, 3.8) is 0 Å². The van der Waals surface area contributed by atoms with Gasteiger partial charge in [0, 0.05) is 13.1 Å². The number of hydrazine groups is 1. The molecule has 5 nitrogen and oxygen atoms in total. The fourth-order valence-corrected chi connectivity index (χ4v) is 3.11. The average Bonchev–Trinajstić information content (AvgIpc) is 2.81. The molecule has 126 valence electrons. The van der Waals surface area contributed by atoms with Crippen molar-refractivity contribution in [2.75, 3.05) is 29.1 Å². The highest BCUT2D eigenvalue weighted by molar-refractivity contribution is 6.15. The molecule has 1 aliphatic rings. The standard InChI is InChI=1S/C18H21ClN4O/c19-23-13-7-1-6-12-22(23)17-11-5-2-8-14(17)18(24)21-16-10-4-3-9-15(16)20/h2-5,8-11H,1,6-7,12-13,20H2,(H,21,24). The van der Waals surface area contributed by atoms with Crippen LogP contribution in [0.15, 0.2) is 48.5 Å². The zero-order chi connectivity index (χ0) is 16.9. The van der Waals surface area contributed by atoms with Gasteiger partial charge in [-0.1, -0.05) is 30.7 Å². The van der Waals surface area contributed by atoms with Crippen LogP contribution in [0.2, 0.25) is 0 Å². The second-order valence-corrected chi connectivity index (χ2v) is 6.19. The van der Waals surface area contributed by atoms with Crippen molar-refractivity contribution in [3.8, 4) is 0 Å². The zero-order valence-electron chi connectivity index (χ0n) is 13.4. The van der Waals surface area contributed by atoms with E-state index in [2.05, 4.69) is 5.32 Å². The Balaban J connectivity index is 1.88. The summed E-state index contributed by atoms with van der Waals surface area (Å²) in [5.74, 6) is -0.196. The molecule has 3 N–H and O–H groups in total. The first kappa shape index (κ1) is 16.6. The van der Waals surface area contributed by atoms with Crippen molar-refractivity contribution in [1.82, 2.24) is 4.53 Å². The minimum atomic E-state index is -0.196. The summed E-state index contributed by atoms with van der Waals surface area (Å²) >= 11 is 6.39. The molecule has 0 unspecified atom stereocenters. The number of halogens is 1. The van der Waals surface area contributed by atoms with Gasteiger partial charge in [-0.05, 0) is 48.9 Å². The molecule has 1 saturated heterocycles. The van der Waals surface area contributed by atoms with Gasteiger partial charge in [0.25, 0.3) is 5.91 Å². The molecule has 2 aromatic carbocycles. The van der Waals surface area contributed by atoms with Crippen LogP contribution in [-0.4, -0.2) is 23.5 Å². The van der Waals surface area contributed by atoms with E-state index in [1.807, 2.05) is 35.3 Å². The largest absolute Gasteiger partial charge is 0.397 e. The molecule has 2 aromatic rings. The normalized spacial score (nSPS) is 15.8. The van der Waals surface area contributed by atoms with Gasteiger partial charge < -0.3 is 11.1 Å². The van der Waals surface area contributed by atoms with Crippen LogP contribution in [0.5, 0.6) is 0 Å². The lowest BCUT2D eigenvalue weighted by Crippen LogP contribution is -2.37. The lowest BCUT2D eigenvalue weighted by molar-refractivity contribution is 0.102. The predicted molar refractivity (Wildman–Crippen MR) is 99.0 cm³/mol. The molecule has 0 atom stereocenters. The molecular formula is C18H21ClN4O. The number of nitrogens with zero attached hydrogens (tertiary/aromatic N) is 2. The quantitative estimate of drug-likeness (QED) is 0.655. The first-order valence-corrected chi connectivity index (χ1v) is 8.46. The molecule has 1 aliphatic heterocycles. The lowest BCUT2D eigenvalue weighted by atomic mass is 10.1. The van der Waals surface area contributed by atoms with Crippen LogP contribution in [0.25, 0.3) is 0 Å². The minimum absolute atomic E-state index is 0.196. The minimum Gasteiger partial charge on any atom is -0.397 e. The van der Waals surface area contributed by atoms with Crippen LogP contribution in [-0.2, 0) is 0 Å². The Bertz CT molecular complexity index is 722. The monoisotopic (exact) mass is 344 g/mol. The third-order valence-corrected chi connectivity index (χ3v) is 4.46. The molecule has 0 radical (unpaired) electrons. The number of amides is 1. The van der Waals surface area contributed by atoms with Crippen molar-refractivity contribution in [2.45, 2.75) is 19.3 Å². The Labute approximate surface area is 147 Å². The van der Waals surface area contributed by atoms with Gasteiger partial charge in [-0.25, -0.2) is 0 Å². The van der Waals surface area contributed by atoms with Crippen molar-refractivity contribution >= 4 is 34.7 Å². The first-order chi connectivity index (χ1) is 11.7. The van der Waals surface area contributed by atoms with E-state index < -0.39 is 0 Å². The van der Waals surface area contributed by atoms with Crippen LogP contribution in [0.3, 0.4) is 0 Å². The highest BCUT2D eigenvalue weighted by Crippen LogP contribution is 2.27. The summed E-state index contributed by atoms with van der Waals surface area (Å²) in [7, 11) is 0. The molecule has 1 amide bonds. The summed E-state index contributed by atoms with van der Waals surface area (Å²) in [5, 5.41) is 4.85. The number of carbonyl (C=O) groups is 1. The smallest absolute Gasteiger partial charge is 0.257 e. The van der Waals surface area contributed by atoms with Crippen molar-refractivity contribution in [2.24, 2.45) is 0 Å². The maximum Gasteiger partial charge on any atom is 0.257 e. The van der Waals surface area contributed by atoms with Crippen LogP contribution in [0, 0.1) is 0 Å². The number of hydrogen-bond acceptors (Lipinski definition) is 4. The predicted octanol–water partition coefficient (Wildman–Crippen LogP) is 3.88. The van der Waals surface area contributed by atoms with Gasteiger partial charge in [0.2, 0.25) is 0 Å². The highest BCUT2D eigenvalue weighted by atomic mass is 35.5. The fourth-order valence-electron chi connectivity index (χ4n) is 2.84. The molecule has 0 spiro atoms. The first-order valence-electron chi connectivity index (χ1n) is 8.12. The molecule has 0 bridgehead atoms. The Morgan fingerprint density at radius 3 is 2.54 bits per heavy atom. The van der Waals surface area contributed by atoms with E-state index in [1.54, 1.807) is 22.7 Å². The Hall–Kier alpha value is -2.24. The molecule has 1 fully saturated rings. The Kier molecular flexibility index (Phi) is 5.23. The number of hydrogen-bond donors (Lipinski definition) is 2. The molecule has 0 aliphatic carbocycles. The number of para-hydroxylation sites is 3. The Morgan fingerprint density at radius 2 is 1.71 bits per heavy atom. The maximum atomic E-state index is 12.8. The topological polar surface area (TPSA) is 61.6 Å². The van der Waals surface area contributed by atoms with Gasteiger partial charge in [0.05, 0.1) is 22.6 Å². The summed E-state index contributed by atoms with van der Waals surface area (Å²) in [6.45, 7) is 1.56. The van der Waals surface area contributed by atoms with Crippen molar-refractivity contribution < 1.29 is 4.79 Å². The van der Waals surface area contributed by atoms with Crippen LogP contribution in [0.1, 0.15) is 29.6 Å². The summed E-state index contributed by atoms with van der Waals surface area (Å²) in [6.07, 6.45) is 3.23. The van der Waals surface area contributed by atoms with E-state index in [0.717, 1.165) is 38.0 Å². The molecule has 3 rings (SSSR count). The van der Waals surface area contributed by atoms with Gasteiger partial charge in [0.1, 0.15) is 0 Å². The molecule has 6 heteroatoms. The average molecular weight is 345 g/mol. The van der Waals surface area contributed by atoms with Crippen LogP contribution in [0.4, 0.5) is 17.1 Å². The summed E-state index contributed by atoms with van der Waals surface area (Å²) in [5.41, 5.74) is 8.45. The molecule has 0 aromatic heterocycles. The number of benzene rings is 2. The van der Waals surface area contributed by atoms with Gasteiger partial charge >= 0.3 is 0 Å².